The maximum absolute atomic E-state index is 12.6. The van der Waals surface area contributed by atoms with Crippen LogP contribution >= 0.6 is 0 Å². The first-order chi connectivity index (χ1) is 9.42. The van der Waals surface area contributed by atoms with E-state index in [-0.39, 0.29) is 6.04 Å². The fourth-order valence-corrected chi connectivity index (χ4v) is 2.81. The molecule has 2 aliphatic rings. The number of rotatable bonds is 3. The number of aromatic nitrogens is 2. The van der Waals surface area contributed by atoms with E-state index in [1.807, 2.05) is 0 Å². The summed E-state index contributed by atoms with van der Waals surface area (Å²) in [6, 6.07) is 2.57. The van der Waals surface area contributed by atoms with Gasteiger partial charge in [0.2, 0.25) is 0 Å². The highest BCUT2D eigenvalue weighted by Gasteiger charge is 2.44. The first-order valence-corrected chi connectivity index (χ1v) is 6.72. The van der Waals surface area contributed by atoms with Gasteiger partial charge in [-0.2, -0.15) is 23.5 Å². The van der Waals surface area contributed by atoms with Gasteiger partial charge in [0.25, 0.3) is 0 Å². The van der Waals surface area contributed by atoms with Gasteiger partial charge in [-0.25, -0.2) is 0 Å². The van der Waals surface area contributed by atoms with Crippen molar-refractivity contribution in [1.82, 2.24) is 15.1 Å². The van der Waals surface area contributed by atoms with Crippen LogP contribution in [0.5, 0.6) is 0 Å². The lowest BCUT2D eigenvalue weighted by Gasteiger charge is -2.22. The third-order valence-corrected chi connectivity index (χ3v) is 4.06. The molecule has 1 N–H and O–H groups in total. The highest BCUT2D eigenvalue weighted by Crippen LogP contribution is 2.40. The van der Waals surface area contributed by atoms with Crippen molar-refractivity contribution in [2.24, 2.45) is 0 Å². The second-order valence-electron chi connectivity index (χ2n) is 5.72. The van der Waals surface area contributed by atoms with E-state index in [2.05, 4.69) is 16.5 Å². The number of hydrogen-bond acceptors (Lipinski definition) is 3. The summed E-state index contributed by atoms with van der Waals surface area (Å²) >= 11 is 0. The Balaban J connectivity index is 1.73. The molecule has 0 amide bonds. The molecule has 0 aliphatic heterocycles. The average Bonchev–Trinajstić information content (AvgIpc) is 2.92. The van der Waals surface area contributed by atoms with Gasteiger partial charge in [-0.1, -0.05) is 0 Å². The highest BCUT2D eigenvalue weighted by molar-refractivity contribution is 5.16. The van der Waals surface area contributed by atoms with E-state index in [9.17, 15) is 18.4 Å². The molecule has 20 heavy (non-hydrogen) atoms. The molecule has 7 heteroatoms. The summed E-state index contributed by atoms with van der Waals surface area (Å²) in [4.78, 5) is 0. The van der Waals surface area contributed by atoms with E-state index < -0.39 is 17.3 Å². The van der Waals surface area contributed by atoms with Gasteiger partial charge in [0, 0.05) is 18.7 Å². The molecule has 4 nitrogen and oxygen atoms in total. The predicted octanol–water partition coefficient (Wildman–Crippen LogP) is 2.64. The number of nitrogens with one attached hydrogen (secondary N) is 1. The molecule has 0 aromatic carbocycles. The quantitative estimate of drug-likeness (QED) is 0.928. The summed E-state index contributed by atoms with van der Waals surface area (Å²) in [7, 11) is 0. The Morgan fingerprint density at radius 2 is 2.15 bits per heavy atom. The predicted molar refractivity (Wildman–Crippen MR) is 64.6 cm³/mol. The van der Waals surface area contributed by atoms with Crippen molar-refractivity contribution >= 4 is 0 Å². The van der Waals surface area contributed by atoms with Crippen molar-refractivity contribution in [2.45, 2.75) is 55.9 Å². The van der Waals surface area contributed by atoms with Gasteiger partial charge in [0.1, 0.15) is 5.54 Å². The second-order valence-corrected chi connectivity index (χ2v) is 5.72. The number of nitrogens with zero attached hydrogens (tertiary/aromatic N) is 3. The van der Waals surface area contributed by atoms with Crippen LogP contribution in [0.2, 0.25) is 0 Å². The van der Waals surface area contributed by atoms with E-state index in [0.717, 1.165) is 25.2 Å². The van der Waals surface area contributed by atoms with Gasteiger partial charge in [0.15, 0.2) is 0 Å². The van der Waals surface area contributed by atoms with Crippen LogP contribution in [0.4, 0.5) is 13.2 Å². The molecule has 2 unspecified atom stereocenters. The zero-order chi connectivity index (χ0) is 14.4. The summed E-state index contributed by atoms with van der Waals surface area (Å²) < 4.78 is 39.1. The Kier molecular flexibility index (Phi) is 3.01. The van der Waals surface area contributed by atoms with Crippen LogP contribution in [-0.4, -0.2) is 21.4 Å². The first kappa shape index (κ1) is 13.4. The van der Waals surface area contributed by atoms with E-state index in [0.29, 0.717) is 25.3 Å². The van der Waals surface area contributed by atoms with Crippen molar-refractivity contribution in [3.05, 3.63) is 18.0 Å². The summed E-state index contributed by atoms with van der Waals surface area (Å²) in [6.07, 6.45) is 1.52. The minimum Gasteiger partial charge on any atom is -0.297 e. The van der Waals surface area contributed by atoms with E-state index >= 15 is 0 Å². The molecule has 1 heterocycles. The smallest absolute Gasteiger partial charge is 0.297 e. The summed E-state index contributed by atoms with van der Waals surface area (Å²) in [6.45, 7) is 0. The standard InChI is InChI=1S/C13H15F3N4/c14-13(15,16)9-6-18-20(7-9)11-3-4-12(5-11,8-17)19-10-1-2-10/h6-7,10-11,19H,1-5H2. The van der Waals surface area contributed by atoms with Crippen LogP contribution in [0.25, 0.3) is 0 Å². The van der Waals surface area contributed by atoms with Gasteiger partial charge < -0.3 is 0 Å². The van der Waals surface area contributed by atoms with E-state index in [4.69, 9.17) is 0 Å². The molecular weight excluding hydrogens is 269 g/mol. The zero-order valence-electron chi connectivity index (χ0n) is 10.8. The third kappa shape index (κ3) is 2.52. The molecule has 108 valence electrons. The highest BCUT2D eigenvalue weighted by atomic mass is 19.4. The summed E-state index contributed by atoms with van der Waals surface area (Å²) in [5, 5.41) is 16.5. The Labute approximate surface area is 114 Å². The number of nitriles is 1. The molecule has 2 atom stereocenters. The monoisotopic (exact) mass is 284 g/mol. The third-order valence-electron chi connectivity index (χ3n) is 4.06. The summed E-state index contributed by atoms with van der Waals surface area (Å²) in [5.74, 6) is 0. The maximum Gasteiger partial charge on any atom is 0.419 e. The van der Waals surface area contributed by atoms with E-state index in [1.165, 1.54) is 4.68 Å². The maximum atomic E-state index is 12.6. The molecule has 1 aromatic rings. The molecule has 3 rings (SSSR count). The van der Waals surface area contributed by atoms with Gasteiger partial charge in [-0.15, -0.1) is 0 Å². The first-order valence-electron chi connectivity index (χ1n) is 6.72. The number of hydrogen-bond donors (Lipinski definition) is 1. The summed E-state index contributed by atoms with van der Waals surface area (Å²) in [5.41, 5.74) is -1.34. The van der Waals surface area contributed by atoms with Crippen LogP contribution in [0.15, 0.2) is 12.4 Å². The Morgan fingerprint density at radius 1 is 1.40 bits per heavy atom. The van der Waals surface area contributed by atoms with Gasteiger partial charge in [0.05, 0.1) is 23.9 Å². The number of alkyl halides is 3. The second kappa shape index (κ2) is 4.48. The normalized spacial score (nSPS) is 30.4. The zero-order valence-corrected chi connectivity index (χ0v) is 10.8. The van der Waals surface area contributed by atoms with Crippen LogP contribution in [-0.2, 0) is 6.18 Å². The topological polar surface area (TPSA) is 53.6 Å². The Morgan fingerprint density at radius 3 is 2.70 bits per heavy atom. The number of halogens is 3. The SMILES string of the molecule is N#CC1(NC2CC2)CCC(n2cc(C(F)(F)F)cn2)C1. The fourth-order valence-electron chi connectivity index (χ4n) is 2.81. The lowest BCUT2D eigenvalue weighted by atomic mass is 9.99. The molecule has 0 radical (unpaired) electrons. The van der Waals surface area contributed by atoms with Gasteiger partial charge in [-0.05, 0) is 25.7 Å². The molecule has 2 fully saturated rings. The lowest BCUT2D eigenvalue weighted by molar-refractivity contribution is -0.137. The average molecular weight is 284 g/mol. The van der Waals surface area contributed by atoms with Crippen molar-refractivity contribution in [2.75, 3.05) is 0 Å². The van der Waals surface area contributed by atoms with Crippen molar-refractivity contribution < 1.29 is 13.2 Å². The van der Waals surface area contributed by atoms with Gasteiger partial charge >= 0.3 is 6.18 Å². The molecule has 0 saturated heterocycles. The minimum atomic E-state index is -4.37. The molecular formula is C13H15F3N4. The van der Waals surface area contributed by atoms with Crippen molar-refractivity contribution in [3.8, 4) is 6.07 Å². The fraction of sp³-hybridized carbons (Fsp3) is 0.692. The largest absolute Gasteiger partial charge is 0.419 e. The van der Waals surface area contributed by atoms with Crippen LogP contribution < -0.4 is 5.32 Å². The molecule has 0 bridgehead atoms. The van der Waals surface area contributed by atoms with Crippen LogP contribution in [0.3, 0.4) is 0 Å². The minimum absolute atomic E-state index is 0.142. The molecule has 1 aromatic heterocycles. The molecule has 0 spiro atoms. The Bertz CT molecular complexity index is 541. The van der Waals surface area contributed by atoms with Crippen molar-refractivity contribution in [1.29, 1.82) is 5.26 Å². The molecule has 2 aliphatic carbocycles. The lowest BCUT2D eigenvalue weighted by Crippen LogP contribution is -2.43. The van der Waals surface area contributed by atoms with Crippen LogP contribution in [0, 0.1) is 11.3 Å². The Hall–Kier alpha value is -1.55. The van der Waals surface area contributed by atoms with E-state index in [1.54, 1.807) is 0 Å². The van der Waals surface area contributed by atoms with Crippen molar-refractivity contribution in [3.63, 3.8) is 0 Å². The van der Waals surface area contributed by atoms with Gasteiger partial charge in [-0.3, -0.25) is 10.00 Å². The molecule has 2 saturated carbocycles. The van der Waals surface area contributed by atoms with Crippen LogP contribution in [0.1, 0.15) is 43.7 Å².